The number of benzene rings is 2. The summed E-state index contributed by atoms with van der Waals surface area (Å²) in [4.78, 5) is 6.90. The number of rotatable bonds is 2. The van der Waals surface area contributed by atoms with Crippen LogP contribution in [0, 0.1) is 23.0 Å². The van der Waals surface area contributed by atoms with Crippen molar-refractivity contribution in [2.45, 2.75) is 32.4 Å². The summed E-state index contributed by atoms with van der Waals surface area (Å²) < 4.78 is 71.7. The molecule has 2 aromatic heterocycles. The van der Waals surface area contributed by atoms with Gasteiger partial charge in [-0.3, -0.25) is 4.68 Å². The molecule has 0 bridgehead atoms. The van der Waals surface area contributed by atoms with Crippen molar-refractivity contribution in [2.24, 2.45) is 7.05 Å². The molecule has 0 spiro atoms. The number of hydrogen-bond acceptors (Lipinski definition) is 3. The number of nitriles is 1. The first kappa shape index (κ1) is 25.9. The number of H-pyrrole nitrogens is 1. The first-order valence-electron chi connectivity index (χ1n) is 9.86. The number of aryl methyl sites for hydroxylation is 1. The molecule has 2 aromatic carbocycles. The van der Waals surface area contributed by atoms with Crippen LogP contribution in [0.5, 0.6) is 0 Å². The van der Waals surface area contributed by atoms with E-state index < -0.39 is 34.4 Å². The normalized spacial score (nSPS) is 12.0. The molecule has 11 heteroatoms. The monoisotopic (exact) mass is 483 g/mol. The van der Waals surface area contributed by atoms with Crippen molar-refractivity contribution < 1.29 is 22.0 Å². The number of halogens is 5. The van der Waals surface area contributed by atoms with Crippen molar-refractivity contribution in [1.82, 2.24) is 19.7 Å². The first-order valence-corrected chi connectivity index (χ1v) is 9.86. The minimum absolute atomic E-state index is 0. The SMILES string of the molecule is Cn1nc(C(C)(C)C)c(C#N)c1-c1nc2cc(-c3c(F)cccc3F)cc(C(F)(F)F)c2[nH]1.[NaH]. The van der Waals surface area contributed by atoms with Crippen LogP contribution in [0.4, 0.5) is 22.0 Å². The molecule has 0 aliphatic rings. The Morgan fingerprint density at radius 2 is 1.68 bits per heavy atom. The number of imidazole rings is 1. The Labute approximate surface area is 213 Å². The molecule has 0 saturated heterocycles. The molecule has 5 nitrogen and oxygen atoms in total. The molecule has 34 heavy (non-hydrogen) atoms. The second kappa shape index (κ2) is 8.80. The molecule has 2 heterocycles. The van der Waals surface area contributed by atoms with Gasteiger partial charge < -0.3 is 4.98 Å². The summed E-state index contributed by atoms with van der Waals surface area (Å²) >= 11 is 0. The molecular formula is C23H19F5N5Na. The average Bonchev–Trinajstić information content (AvgIpc) is 3.26. The van der Waals surface area contributed by atoms with Gasteiger partial charge >= 0.3 is 35.7 Å². The summed E-state index contributed by atoms with van der Waals surface area (Å²) in [6.07, 6.45) is -4.83. The molecule has 0 fully saturated rings. The van der Waals surface area contributed by atoms with Gasteiger partial charge in [0.2, 0.25) is 0 Å². The van der Waals surface area contributed by atoms with E-state index in [2.05, 4.69) is 21.1 Å². The second-order valence-electron chi connectivity index (χ2n) is 8.66. The van der Waals surface area contributed by atoms with E-state index in [9.17, 15) is 27.2 Å². The van der Waals surface area contributed by atoms with Crippen molar-refractivity contribution >= 4 is 40.6 Å². The van der Waals surface area contributed by atoms with E-state index in [1.807, 2.05) is 20.8 Å². The molecule has 0 aliphatic carbocycles. The molecule has 1 N–H and O–H groups in total. The Kier molecular flexibility index (Phi) is 6.70. The van der Waals surface area contributed by atoms with Gasteiger partial charge in [0, 0.05) is 12.5 Å². The maximum absolute atomic E-state index is 14.3. The molecule has 0 amide bonds. The molecule has 4 rings (SSSR count). The summed E-state index contributed by atoms with van der Waals surface area (Å²) in [5.41, 5.74) is -2.17. The van der Waals surface area contributed by atoms with Crippen molar-refractivity contribution in [3.8, 4) is 28.7 Å². The van der Waals surface area contributed by atoms with Gasteiger partial charge in [-0.15, -0.1) is 0 Å². The zero-order chi connectivity index (χ0) is 24.3. The Hall–Kier alpha value is -2.74. The number of aromatic nitrogens is 4. The van der Waals surface area contributed by atoms with Gasteiger partial charge in [-0.1, -0.05) is 26.8 Å². The Bertz CT molecular complexity index is 1420. The summed E-state index contributed by atoms with van der Waals surface area (Å²) in [5, 5.41) is 14.1. The summed E-state index contributed by atoms with van der Waals surface area (Å²) in [5.74, 6) is -2.00. The molecule has 0 aliphatic heterocycles. The van der Waals surface area contributed by atoms with Crippen LogP contribution >= 0.6 is 0 Å². The van der Waals surface area contributed by atoms with Crippen LogP contribution in [0.2, 0.25) is 0 Å². The van der Waals surface area contributed by atoms with Gasteiger partial charge in [0.15, 0.2) is 5.82 Å². The van der Waals surface area contributed by atoms with Gasteiger partial charge in [0.25, 0.3) is 0 Å². The third-order valence-electron chi connectivity index (χ3n) is 5.24. The van der Waals surface area contributed by atoms with Crippen LogP contribution in [0.15, 0.2) is 30.3 Å². The summed E-state index contributed by atoms with van der Waals surface area (Å²) in [6.45, 7) is 5.57. The zero-order valence-electron chi connectivity index (χ0n) is 18.1. The second-order valence-corrected chi connectivity index (χ2v) is 8.66. The van der Waals surface area contributed by atoms with Gasteiger partial charge in [-0.05, 0) is 29.8 Å². The Morgan fingerprint density at radius 3 is 2.21 bits per heavy atom. The molecule has 0 radical (unpaired) electrons. The van der Waals surface area contributed by atoms with E-state index in [0.29, 0.717) is 11.8 Å². The van der Waals surface area contributed by atoms with E-state index in [1.54, 1.807) is 7.05 Å². The van der Waals surface area contributed by atoms with E-state index in [4.69, 9.17) is 0 Å². The van der Waals surface area contributed by atoms with E-state index in [-0.39, 0.29) is 63.2 Å². The van der Waals surface area contributed by atoms with E-state index >= 15 is 0 Å². The van der Waals surface area contributed by atoms with E-state index in [1.165, 1.54) is 10.7 Å². The Morgan fingerprint density at radius 1 is 1.06 bits per heavy atom. The van der Waals surface area contributed by atoms with Crippen LogP contribution in [0.3, 0.4) is 0 Å². The third kappa shape index (κ3) is 4.35. The van der Waals surface area contributed by atoms with Gasteiger partial charge in [0.1, 0.15) is 29.0 Å². The molecule has 172 valence electrons. The fourth-order valence-electron chi connectivity index (χ4n) is 3.79. The summed E-state index contributed by atoms with van der Waals surface area (Å²) in [6, 6.07) is 6.99. The number of alkyl halides is 3. The fraction of sp³-hybridized carbons (Fsp3) is 0.261. The molecule has 0 saturated carbocycles. The average molecular weight is 483 g/mol. The number of aromatic amines is 1. The third-order valence-corrected chi connectivity index (χ3v) is 5.24. The molecular weight excluding hydrogens is 464 g/mol. The Balaban J connectivity index is 0.00000324. The van der Waals surface area contributed by atoms with Crippen LogP contribution < -0.4 is 0 Å². The van der Waals surface area contributed by atoms with Crippen molar-refractivity contribution in [3.05, 3.63) is 58.8 Å². The quantitative estimate of drug-likeness (QED) is 0.305. The van der Waals surface area contributed by atoms with Gasteiger partial charge in [-0.25, -0.2) is 13.8 Å². The first-order chi connectivity index (χ1) is 15.3. The number of nitrogens with one attached hydrogen (secondary N) is 1. The number of nitrogens with zero attached hydrogens (tertiary/aromatic N) is 4. The predicted molar refractivity (Wildman–Crippen MR) is 119 cm³/mol. The molecule has 0 atom stereocenters. The predicted octanol–water partition coefficient (Wildman–Crippen LogP) is 5.45. The van der Waals surface area contributed by atoms with Crippen molar-refractivity contribution in [2.75, 3.05) is 0 Å². The standard InChI is InChI=1S/C23H18F5N5.Na.H/c1-22(2,3)20-12(10-29)19(33(4)32-20)21-30-16-9-11(17-14(24)6-5-7-15(17)25)8-13(18(16)31-21)23(26,27)28;;/h5-9H,1-4H3,(H,30,31);;. The van der Waals surface area contributed by atoms with Crippen LogP contribution in [0.1, 0.15) is 37.6 Å². The molecule has 4 aromatic rings. The van der Waals surface area contributed by atoms with Crippen molar-refractivity contribution in [3.63, 3.8) is 0 Å². The molecule has 0 unspecified atom stereocenters. The topological polar surface area (TPSA) is 70.3 Å². The summed E-state index contributed by atoms with van der Waals surface area (Å²) in [7, 11) is 1.56. The van der Waals surface area contributed by atoms with Crippen LogP contribution in [-0.2, 0) is 18.6 Å². The van der Waals surface area contributed by atoms with Crippen LogP contribution in [0.25, 0.3) is 33.7 Å². The number of fused-ring (bicyclic) bond motifs is 1. The van der Waals surface area contributed by atoms with E-state index in [0.717, 1.165) is 18.2 Å². The maximum atomic E-state index is 14.3. The fourth-order valence-corrected chi connectivity index (χ4v) is 3.79. The number of hydrogen-bond donors (Lipinski definition) is 1. The van der Waals surface area contributed by atoms with Gasteiger partial charge in [-0.2, -0.15) is 23.5 Å². The minimum atomic E-state index is -4.83. The van der Waals surface area contributed by atoms with Crippen molar-refractivity contribution in [1.29, 1.82) is 5.26 Å². The van der Waals surface area contributed by atoms with Gasteiger partial charge in [0.05, 0.1) is 27.9 Å². The van der Waals surface area contributed by atoms with Crippen LogP contribution in [-0.4, -0.2) is 49.3 Å². The zero-order valence-corrected chi connectivity index (χ0v) is 18.1.